The normalized spacial score (nSPS) is 9.92. The molecule has 1 N–H and O–H groups in total. The number of hydrogen-bond donors (Lipinski definition) is 1. The fourth-order valence-corrected chi connectivity index (χ4v) is 1.08. The smallest absolute Gasteiger partial charge is 0.340 e. The number of hydrogen-bond acceptors (Lipinski definition) is 2. The van der Waals surface area contributed by atoms with Crippen LogP contribution in [-0.4, -0.2) is 16.1 Å². The Morgan fingerprint density at radius 1 is 1.58 bits per heavy atom. The molecule has 0 amide bonds. The van der Waals surface area contributed by atoms with Crippen molar-refractivity contribution in [2.75, 3.05) is 0 Å². The SMILES string of the molecule is O=C(O)c1c(Br)cnc(F)c1F. The van der Waals surface area contributed by atoms with Gasteiger partial charge in [0.05, 0.1) is 4.47 Å². The summed E-state index contributed by atoms with van der Waals surface area (Å²) in [5.74, 6) is -4.42. The molecule has 0 atom stereocenters. The second-order valence-corrected chi connectivity index (χ2v) is 2.75. The van der Waals surface area contributed by atoms with E-state index in [1.165, 1.54) is 0 Å². The number of aromatic nitrogens is 1. The van der Waals surface area contributed by atoms with Gasteiger partial charge in [-0.1, -0.05) is 0 Å². The van der Waals surface area contributed by atoms with Gasteiger partial charge in [-0.2, -0.15) is 4.39 Å². The van der Waals surface area contributed by atoms with Gasteiger partial charge >= 0.3 is 5.97 Å². The van der Waals surface area contributed by atoms with E-state index in [1.807, 2.05) is 0 Å². The van der Waals surface area contributed by atoms with Gasteiger partial charge in [0, 0.05) is 6.20 Å². The van der Waals surface area contributed by atoms with Gasteiger partial charge in [0.15, 0.2) is 5.82 Å². The van der Waals surface area contributed by atoms with Crippen LogP contribution < -0.4 is 0 Å². The minimum absolute atomic E-state index is 0.0890. The summed E-state index contributed by atoms with van der Waals surface area (Å²) in [6, 6.07) is 0. The number of nitrogens with zero attached hydrogens (tertiary/aromatic N) is 1. The van der Waals surface area contributed by atoms with Gasteiger partial charge in [-0.3, -0.25) is 0 Å². The summed E-state index contributed by atoms with van der Waals surface area (Å²) in [5, 5.41) is 8.41. The van der Waals surface area contributed by atoms with Crippen LogP contribution in [0.5, 0.6) is 0 Å². The second-order valence-electron chi connectivity index (χ2n) is 1.89. The average molecular weight is 238 g/mol. The predicted octanol–water partition coefficient (Wildman–Crippen LogP) is 1.82. The molecule has 1 heterocycles. The third-order valence-corrected chi connectivity index (χ3v) is 1.75. The number of carboxylic acid groups (broad SMARTS) is 1. The Hall–Kier alpha value is -1.04. The summed E-state index contributed by atoms with van der Waals surface area (Å²) in [6.07, 6.45) is 0.891. The van der Waals surface area contributed by atoms with Crippen molar-refractivity contribution in [2.24, 2.45) is 0 Å². The summed E-state index contributed by atoms with van der Waals surface area (Å²) in [4.78, 5) is 13.3. The molecular weight excluding hydrogens is 236 g/mol. The largest absolute Gasteiger partial charge is 0.478 e. The lowest BCUT2D eigenvalue weighted by molar-refractivity contribution is 0.0689. The average Bonchev–Trinajstić information content (AvgIpc) is 1.97. The molecule has 1 rings (SSSR count). The van der Waals surface area contributed by atoms with E-state index in [1.54, 1.807) is 0 Å². The predicted molar refractivity (Wildman–Crippen MR) is 38.8 cm³/mol. The minimum atomic E-state index is -1.54. The van der Waals surface area contributed by atoms with Crippen LogP contribution in [0.25, 0.3) is 0 Å². The van der Waals surface area contributed by atoms with Crippen LogP contribution in [0.15, 0.2) is 10.7 Å². The van der Waals surface area contributed by atoms with E-state index >= 15 is 0 Å². The van der Waals surface area contributed by atoms with Crippen molar-refractivity contribution in [3.05, 3.63) is 28.0 Å². The van der Waals surface area contributed by atoms with Crippen molar-refractivity contribution in [1.82, 2.24) is 4.98 Å². The minimum Gasteiger partial charge on any atom is -0.478 e. The fourth-order valence-electron chi connectivity index (χ4n) is 0.639. The van der Waals surface area contributed by atoms with Crippen LogP contribution in [0, 0.1) is 11.8 Å². The molecule has 0 aliphatic carbocycles. The Morgan fingerprint density at radius 3 is 2.58 bits per heavy atom. The molecule has 0 spiro atoms. The Labute approximate surface area is 74.2 Å². The molecule has 64 valence electrons. The highest BCUT2D eigenvalue weighted by molar-refractivity contribution is 9.10. The Bertz CT molecular complexity index is 343. The summed E-state index contributed by atoms with van der Waals surface area (Å²) in [7, 11) is 0. The highest BCUT2D eigenvalue weighted by atomic mass is 79.9. The lowest BCUT2D eigenvalue weighted by Gasteiger charge is -1.99. The van der Waals surface area contributed by atoms with Gasteiger partial charge in [-0.25, -0.2) is 14.2 Å². The van der Waals surface area contributed by atoms with Crippen LogP contribution in [0.2, 0.25) is 0 Å². The van der Waals surface area contributed by atoms with Crippen molar-refractivity contribution >= 4 is 21.9 Å². The highest BCUT2D eigenvalue weighted by Gasteiger charge is 2.19. The zero-order valence-electron chi connectivity index (χ0n) is 5.51. The number of halogens is 3. The summed E-state index contributed by atoms with van der Waals surface area (Å²) in [5.41, 5.74) is -0.748. The van der Waals surface area contributed by atoms with E-state index in [9.17, 15) is 13.6 Å². The molecule has 0 aliphatic rings. The molecule has 1 aromatic rings. The maximum Gasteiger partial charge on any atom is 0.340 e. The summed E-state index contributed by atoms with van der Waals surface area (Å²) < 4.78 is 24.9. The number of carbonyl (C=O) groups is 1. The van der Waals surface area contributed by atoms with Gasteiger partial charge in [-0.15, -0.1) is 0 Å². The van der Waals surface area contributed by atoms with Gasteiger partial charge < -0.3 is 5.11 Å². The van der Waals surface area contributed by atoms with Gasteiger partial charge in [0.1, 0.15) is 5.56 Å². The van der Waals surface area contributed by atoms with Crippen molar-refractivity contribution in [3.8, 4) is 0 Å². The van der Waals surface area contributed by atoms with E-state index in [-0.39, 0.29) is 4.47 Å². The lowest BCUT2D eigenvalue weighted by atomic mass is 10.2. The Morgan fingerprint density at radius 2 is 2.17 bits per heavy atom. The molecule has 0 saturated carbocycles. The number of carboxylic acids is 1. The first-order valence-corrected chi connectivity index (χ1v) is 3.56. The maximum absolute atomic E-state index is 12.7. The molecule has 3 nitrogen and oxygen atoms in total. The second kappa shape index (κ2) is 3.14. The number of aromatic carboxylic acids is 1. The summed E-state index contributed by atoms with van der Waals surface area (Å²) in [6.45, 7) is 0. The van der Waals surface area contributed by atoms with Gasteiger partial charge in [0.25, 0.3) is 0 Å². The van der Waals surface area contributed by atoms with Crippen LogP contribution in [0.4, 0.5) is 8.78 Å². The van der Waals surface area contributed by atoms with E-state index in [0.29, 0.717) is 0 Å². The number of rotatable bonds is 1. The van der Waals surface area contributed by atoms with E-state index in [2.05, 4.69) is 20.9 Å². The van der Waals surface area contributed by atoms with Crippen LogP contribution in [0.3, 0.4) is 0 Å². The van der Waals surface area contributed by atoms with Gasteiger partial charge in [0.2, 0.25) is 5.95 Å². The third kappa shape index (κ3) is 1.42. The molecule has 6 heteroatoms. The first-order valence-electron chi connectivity index (χ1n) is 2.77. The molecule has 1 aromatic heterocycles. The van der Waals surface area contributed by atoms with Gasteiger partial charge in [-0.05, 0) is 15.9 Å². The molecule has 0 radical (unpaired) electrons. The molecule has 0 bridgehead atoms. The highest BCUT2D eigenvalue weighted by Crippen LogP contribution is 2.19. The zero-order valence-corrected chi connectivity index (χ0v) is 7.10. The molecule has 0 fully saturated rings. The first kappa shape index (κ1) is 9.05. The fraction of sp³-hybridized carbons (Fsp3) is 0. The van der Waals surface area contributed by atoms with Crippen molar-refractivity contribution in [1.29, 1.82) is 0 Å². The van der Waals surface area contributed by atoms with Crippen molar-refractivity contribution < 1.29 is 18.7 Å². The first-order chi connectivity index (χ1) is 5.54. The molecule has 0 aliphatic heterocycles. The monoisotopic (exact) mass is 237 g/mol. The topological polar surface area (TPSA) is 50.2 Å². The Kier molecular flexibility index (Phi) is 2.37. The van der Waals surface area contributed by atoms with E-state index in [4.69, 9.17) is 5.11 Å². The molecular formula is C6H2BrF2NO2. The molecule has 12 heavy (non-hydrogen) atoms. The van der Waals surface area contributed by atoms with Crippen LogP contribution >= 0.6 is 15.9 Å². The third-order valence-electron chi connectivity index (χ3n) is 1.14. The maximum atomic E-state index is 12.7. The lowest BCUT2D eigenvalue weighted by Crippen LogP contribution is -2.05. The zero-order chi connectivity index (χ0) is 9.30. The van der Waals surface area contributed by atoms with Crippen molar-refractivity contribution in [3.63, 3.8) is 0 Å². The summed E-state index contributed by atoms with van der Waals surface area (Å²) >= 11 is 2.73. The molecule has 0 unspecified atom stereocenters. The Balaban J connectivity index is 3.43. The van der Waals surface area contributed by atoms with Crippen molar-refractivity contribution in [2.45, 2.75) is 0 Å². The molecule has 0 aromatic carbocycles. The quantitative estimate of drug-likeness (QED) is 0.759. The van der Waals surface area contributed by atoms with E-state index < -0.39 is 23.3 Å². The van der Waals surface area contributed by atoms with Crippen LogP contribution in [-0.2, 0) is 0 Å². The molecule has 0 saturated heterocycles. The van der Waals surface area contributed by atoms with Crippen LogP contribution in [0.1, 0.15) is 10.4 Å². The standard InChI is InChI=1S/C6H2BrF2NO2/c7-2-1-10-5(9)4(8)3(2)6(11)12/h1H,(H,11,12). The number of pyridine rings is 1. The van der Waals surface area contributed by atoms with E-state index in [0.717, 1.165) is 6.20 Å².